The Kier molecular flexibility index (Phi) is 7.31. The van der Waals surface area contributed by atoms with Gasteiger partial charge in [-0.2, -0.15) is 0 Å². The highest BCUT2D eigenvalue weighted by molar-refractivity contribution is 6.39. The molecule has 1 aromatic carbocycles. The molecule has 6 nitrogen and oxygen atoms in total. The summed E-state index contributed by atoms with van der Waals surface area (Å²) in [6.07, 6.45) is 0.919. The van der Waals surface area contributed by atoms with E-state index in [1.807, 2.05) is 19.1 Å². The maximum absolute atomic E-state index is 11.6. The summed E-state index contributed by atoms with van der Waals surface area (Å²) in [5.74, 6) is -1.42. The second kappa shape index (κ2) is 9.06. The molecule has 0 saturated carbocycles. The molecule has 1 rings (SSSR count). The van der Waals surface area contributed by atoms with Crippen LogP contribution in [0.25, 0.3) is 0 Å². The van der Waals surface area contributed by atoms with Gasteiger partial charge in [0.15, 0.2) is 0 Å². The first-order valence-electron chi connectivity index (χ1n) is 6.54. The van der Waals surface area contributed by atoms with Crippen LogP contribution in [-0.4, -0.2) is 43.3 Å². The molecule has 0 bridgehead atoms. The van der Waals surface area contributed by atoms with E-state index in [1.54, 1.807) is 12.1 Å². The van der Waals surface area contributed by atoms with Crippen molar-refractivity contribution in [2.75, 3.05) is 31.7 Å². The molecule has 6 heteroatoms. The fourth-order valence-electron chi connectivity index (χ4n) is 1.50. The highest BCUT2D eigenvalue weighted by atomic mass is 16.5. The number of carbonyl (C=O) groups is 2. The summed E-state index contributed by atoms with van der Waals surface area (Å²) < 4.78 is 4.96. The number of ether oxygens (including phenoxy) is 1. The van der Waals surface area contributed by atoms with E-state index in [9.17, 15) is 9.59 Å². The maximum atomic E-state index is 11.6. The molecule has 0 radical (unpaired) electrons. The Hall–Kier alpha value is -1.92. The molecule has 3 N–H and O–H groups in total. The predicted octanol–water partition coefficient (Wildman–Crippen LogP) is 0.313. The number of hydrogen-bond acceptors (Lipinski definition) is 4. The van der Waals surface area contributed by atoms with Crippen molar-refractivity contribution in [2.24, 2.45) is 0 Å². The molecule has 0 spiro atoms. The Morgan fingerprint density at radius 1 is 1.15 bits per heavy atom. The molecule has 1 aromatic rings. The number of nitrogens with one attached hydrogen (secondary N) is 2. The van der Waals surface area contributed by atoms with Gasteiger partial charge in [-0.15, -0.1) is 0 Å². The van der Waals surface area contributed by atoms with Crippen LogP contribution in [0.3, 0.4) is 0 Å². The molecular weight excluding hydrogens is 260 g/mol. The number of aliphatic hydroxyl groups excluding tert-OH is 1. The zero-order valence-electron chi connectivity index (χ0n) is 11.5. The molecule has 110 valence electrons. The second-order valence-corrected chi connectivity index (χ2v) is 4.10. The highest BCUT2D eigenvalue weighted by Gasteiger charge is 2.12. The standard InChI is InChI=1S/C14H20N2O4/c1-2-11-3-5-12(6-4-11)16-14(19)13(18)15-7-9-20-10-8-17/h3-6,17H,2,7-10H2,1H3,(H,15,18)(H,16,19). The van der Waals surface area contributed by atoms with Gasteiger partial charge in [0, 0.05) is 12.2 Å². The molecule has 0 aliphatic heterocycles. The summed E-state index contributed by atoms with van der Waals surface area (Å²) in [5.41, 5.74) is 1.74. The van der Waals surface area contributed by atoms with Crippen LogP contribution in [0.2, 0.25) is 0 Å². The number of aliphatic hydroxyl groups is 1. The van der Waals surface area contributed by atoms with Gasteiger partial charge >= 0.3 is 11.8 Å². The average Bonchev–Trinajstić information content (AvgIpc) is 2.47. The van der Waals surface area contributed by atoms with E-state index in [-0.39, 0.29) is 26.4 Å². The normalized spacial score (nSPS) is 10.1. The van der Waals surface area contributed by atoms with E-state index in [0.717, 1.165) is 12.0 Å². The van der Waals surface area contributed by atoms with Crippen LogP contribution >= 0.6 is 0 Å². The van der Waals surface area contributed by atoms with Crippen LogP contribution in [0, 0.1) is 0 Å². The van der Waals surface area contributed by atoms with E-state index in [4.69, 9.17) is 9.84 Å². The SMILES string of the molecule is CCc1ccc(NC(=O)C(=O)NCCOCCO)cc1. The first-order valence-corrected chi connectivity index (χ1v) is 6.54. The number of carbonyl (C=O) groups excluding carboxylic acids is 2. The van der Waals surface area contributed by atoms with Gasteiger partial charge in [-0.05, 0) is 24.1 Å². The molecule has 0 aliphatic carbocycles. The van der Waals surface area contributed by atoms with Gasteiger partial charge in [0.25, 0.3) is 0 Å². The van der Waals surface area contributed by atoms with Crippen LogP contribution in [0.15, 0.2) is 24.3 Å². The van der Waals surface area contributed by atoms with Gasteiger partial charge in [-0.1, -0.05) is 19.1 Å². The van der Waals surface area contributed by atoms with Crippen molar-refractivity contribution in [1.29, 1.82) is 0 Å². The van der Waals surface area contributed by atoms with Crippen molar-refractivity contribution in [2.45, 2.75) is 13.3 Å². The number of hydrogen-bond donors (Lipinski definition) is 3. The van der Waals surface area contributed by atoms with E-state index < -0.39 is 11.8 Å². The maximum Gasteiger partial charge on any atom is 0.313 e. The van der Waals surface area contributed by atoms with Gasteiger partial charge in [0.05, 0.1) is 19.8 Å². The fraction of sp³-hybridized carbons (Fsp3) is 0.429. The van der Waals surface area contributed by atoms with Crippen LogP contribution < -0.4 is 10.6 Å². The molecule has 0 aliphatic rings. The van der Waals surface area contributed by atoms with Crippen LogP contribution in [-0.2, 0) is 20.7 Å². The lowest BCUT2D eigenvalue weighted by Crippen LogP contribution is -2.37. The van der Waals surface area contributed by atoms with E-state index in [2.05, 4.69) is 10.6 Å². The number of anilines is 1. The van der Waals surface area contributed by atoms with Crippen LogP contribution in [0.4, 0.5) is 5.69 Å². The van der Waals surface area contributed by atoms with Gasteiger partial charge in [0.2, 0.25) is 0 Å². The summed E-state index contributed by atoms with van der Waals surface area (Å²) in [6.45, 7) is 2.67. The van der Waals surface area contributed by atoms with E-state index >= 15 is 0 Å². The minimum absolute atomic E-state index is 0.0673. The zero-order chi connectivity index (χ0) is 14.8. The lowest BCUT2D eigenvalue weighted by molar-refractivity contribution is -0.136. The Morgan fingerprint density at radius 3 is 2.45 bits per heavy atom. The van der Waals surface area contributed by atoms with Gasteiger partial charge in [-0.3, -0.25) is 9.59 Å². The van der Waals surface area contributed by atoms with Crippen molar-refractivity contribution < 1.29 is 19.4 Å². The molecule has 2 amide bonds. The lowest BCUT2D eigenvalue weighted by Gasteiger charge is -2.07. The Balaban J connectivity index is 2.31. The largest absolute Gasteiger partial charge is 0.394 e. The molecule has 0 atom stereocenters. The van der Waals surface area contributed by atoms with E-state index in [0.29, 0.717) is 5.69 Å². The van der Waals surface area contributed by atoms with Crippen molar-refractivity contribution in [3.8, 4) is 0 Å². The molecule has 0 unspecified atom stereocenters. The minimum Gasteiger partial charge on any atom is -0.394 e. The van der Waals surface area contributed by atoms with Crippen LogP contribution in [0.5, 0.6) is 0 Å². The van der Waals surface area contributed by atoms with Crippen molar-refractivity contribution >= 4 is 17.5 Å². The third-order valence-corrected chi connectivity index (χ3v) is 2.59. The minimum atomic E-state index is -0.712. The molecular formula is C14H20N2O4. The van der Waals surface area contributed by atoms with Crippen molar-refractivity contribution in [1.82, 2.24) is 5.32 Å². The van der Waals surface area contributed by atoms with Crippen LogP contribution in [0.1, 0.15) is 12.5 Å². The summed E-state index contributed by atoms with van der Waals surface area (Å²) >= 11 is 0. The van der Waals surface area contributed by atoms with Gasteiger partial charge in [-0.25, -0.2) is 0 Å². The zero-order valence-corrected chi connectivity index (χ0v) is 11.5. The number of amides is 2. The number of benzene rings is 1. The fourth-order valence-corrected chi connectivity index (χ4v) is 1.50. The molecule has 0 aromatic heterocycles. The second-order valence-electron chi connectivity index (χ2n) is 4.10. The smallest absolute Gasteiger partial charge is 0.313 e. The van der Waals surface area contributed by atoms with Crippen molar-refractivity contribution in [3.05, 3.63) is 29.8 Å². The Bertz CT molecular complexity index is 431. The van der Waals surface area contributed by atoms with Crippen molar-refractivity contribution in [3.63, 3.8) is 0 Å². The van der Waals surface area contributed by atoms with E-state index in [1.165, 1.54) is 0 Å². The third-order valence-electron chi connectivity index (χ3n) is 2.59. The predicted molar refractivity (Wildman–Crippen MR) is 75.4 cm³/mol. The summed E-state index contributed by atoms with van der Waals surface area (Å²) in [4.78, 5) is 23.1. The monoisotopic (exact) mass is 280 g/mol. The average molecular weight is 280 g/mol. The number of aryl methyl sites for hydroxylation is 1. The first kappa shape index (κ1) is 16.1. The Morgan fingerprint density at radius 2 is 1.85 bits per heavy atom. The Labute approximate surface area is 118 Å². The molecule has 0 saturated heterocycles. The first-order chi connectivity index (χ1) is 9.67. The summed E-state index contributed by atoms with van der Waals surface area (Å²) in [7, 11) is 0. The topological polar surface area (TPSA) is 87.7 Å². The quantitative estimate of drug-likeness (QED) is 0.495. The van der Waals surface area contributed by atoms with Gasteiger partial charge in [0.1, 0.15) is 0 Å². The van der Waals surface area contributed by atoms with Gasteiger partial charge < -0.3 is 20.5 Å². The molecule has 0 fully saturated rings. The molecule has 20 heavy (non-hydrogen) atoms. The number of rotatable bonds is 7. The highest BCUT2D eigenvalue weighted by Crippen LogP contribution is 2.09. The lowest BCUT2D eigenvalue weighted by atomic mass is 10.1. The molecule has 0 heterocycles. The summed E-state index contributed by atoms with van der Waals surface area (Å²) in [5, 5.41) is 13.4. The third kappa shape index (κ3) is 5.81. The summed E-state index contributed by atoms with van der Waals surface area (Å²) in [6, 6.07) is 7.31.